The second-order valence-electron chi connectivity index (χ2n) is 5.33. The Bertz CT molecular complexity index is 407. The van der Waals surface area contributed by atoms with E-state index in [-0.39, 0.29) is 0 Å². The van der Waals surface area contributed by atoms with Gasteiger partial charge in [-0.05, 0) is 69.6 Å². The topological polar surface area (TPSA) is 12.0 Å². The summed E-state index contributed by atoms with van der Waals surface area (Å²) in [5.41, 5.74) is 7.78. The largest absolute Gasteiger partial charge is 0.363 e. The van der Waals surface area contributed by atoms with Gasteiger partial charge in [-0.15, -0.1) is 0 Å². The van der Waals surface area contributed by atoms with Gasteiger partial charge in [-0.25, -0.2) is 0 Å². The summed E-state index contributed by atoms with van der Waals surface area (Å²) in [6.07, 6.45) is 6.00. The van der Waals surface area contributed by atoms with Gasteiger partial charge < -0.3 is 5.32 Å². The lowest BCUT2D eigenvalue weighted by Gasteiger charge is -2.23. The third-order valence-corrected chi connectivity index (χ3v) is 3.64. The molecule has 0 aromatic heterocycles. The smallest absolute Gasteiger partial charge is 0.0195 e. The number of hydrogen-bond acceptors (Lipinski definition) is 1. The predicted molar refractivity (Wildman–Crippen MR) is 81.2 cm³/mol. The molecule has 1 nitrogen and oxygen atoms in total. The Labute approximate surface area is 112 Å². The summed E-state index contributed by atoms with van der Waals surface area (Å²) in [6, 6.07) is 0. The van der Waals surface area contributed by atoms with E-state index in [1.807, 2.05) is 0 Å². The molecule has 0 bridgehead atoms. The lowest BCUT2D eigenvalue weighted by Crippen LogP contribution is -2.14. The van der Waals surface area contributed by atoms with Gasteiger partial charge in [0.15, 0.2) is 0 Å². The third kappa shape index (κ3) is 3.63. The van der Waals surface area contributed by atoms with Crippen molar-refractivity contribution in [1.29, 1.82) is 0 Å². The van der Waals surface area contributed by atoms with E-state index in [9.17, 15) is 0 Å². The van der Waals surface area contributed by atoms with E-state index in [0.717, 1.165) is 17.7 Å². The number of rotatable bonds is 5. The Kier molecular flexibility index (Phi) is 5.46. The molecule has 100 valence electrons. The average Bonchev–Trinajstić information content (AvgIpc) is 2.31. The van der Waals surface area contributed by atoms with Crippen molar-refractivity contribution in [3.63, 3.8) is 0 Å². The molecule has 0 saturated heterocycles. The van der Waals surface area contributed by atoms with Crippen LogP contribution in [0.25, 0.3) is 0 Å². The third-order valence-electron chi connectivity index (χ3n) is 3.64. The molecular weight excluding hydrogens is 218 g/mol. The lowest BCUT2D eigenvalue weighted by atomic mass is 9.84. The second kappa shape index (κ2) is 6.63. The maximum atomic E-state index is 4.16. The van der Waals surface area contributed by atoms with E-state index in [1.165, 1.54) is 48.1 Å². The normalized spacial score (nSPS) is 17.3. The highest BCUT2D eigenvalue weighted by molar-refractivity contribution is 5.50. The zero-order valence-corrected chi connectivity index (χ0v) is 12.4. The zero-order valence-electron chi connectivity index (χ0n) is 12.4. The standard InChI is InChI=1S/C17H27N/c1-7-14(5)18-15(6)17(12(2)3)16-11-9-8-10-13(16)4/h18H,2,5,7-11H2,1,3-4,6H3/b17-15+. The Morgan fingerprint density at radius 3 is 2.28 bits per heavy atom. The zero-order chi connectivity index (χ0) is 13.7. The van der Waals surface area contributed by atoms with Gasteiger partial charge >= 0.3 is 0 Å². The minimum absolute atomic E-state index is 0.957. The van der Waals surface area contributed by atoms with Crippen LogP contribution in [0, 0.1) is 0 Å². The van der Waals surface area contributed by atoms with E-state index < -0.39 is 0 Å². The molecule has 0 aliphatic heterocycles. The van der Waals surface area contributed by atoms with Crippen LogP contribution in [0.3, 0.4) is 0 Å². The predicted octanol–water partition coefficient (Wildman–Crippen LogP) is 5.24. The average molecular weight is 245 g/mol. The van der Waals surface area contributed by atoms with E-state index in [4.69, 9.17) is 0 Å². The van der Waals surface area contributed by atoms with Crippen LogP contribution < -0.4 is 5.32 Å². The van der Waals surface area contributed by atoms with Crippen molar-refractivity contribution in [2.75, 3.05) is 0 Å². The van der Waals surface area contributed by atoms with Gasteiger partial charge in [-0.2, -0.15) is 0 Å². The van der Waals surface area contributed by atoms with Crippen LogP contribution in [0.15, 0.2) is 46.8 Å². The summed E-state index contributed by atoms with van der Waals surface area (Å²) in [7, 11) is 0. The van der Waals surface area contributed by atoms with E-state index in [0.29, 0.717) is 0 Å². The molecule has 1 N–H and O–H groups in total. The monoisotopic (exact) mass is 245 g/mol. The van der Waals surface area contributed by atoms with Crippen LogP contribution in [0.4, 0.5) is 0 Å². The Morgan fingerprint density at radius 1 is 1.17 bits per heavy atom. The van der Waals surface area contributed by atoms with Crippen molar-refractivity contribution < 1.29 is 0 Å². The molecule has 1 rings (SSSR count). The minimum Gasteiger partial charge on any atom is -0.363 e. The Morgan fingerprint density at radius 2 is 1.78 bits per heavy atom. The van der Waals surface area contributed by atoms with E-state index in [1.54, 1.807) is 0 Å². The number of allylic oxidation sites excluding steroid dienone is 6. The molecule has 18 heavy (non-hydrogen) atoms. The highest BCUT2D eigenvalue weighted by Crippen LogP contribution is 2.33. The number of hydrogen-bond donors (Lipinski definition) is 1. The second-order valence-corrected chi connectivity index (χ2v) is 5.33. The molecule has 0 unspecified atom stereocenters. The van der Waals surface area contributed by atoms with Crippen LogP contribution in [0.2, 0.25) is 0 Å². The Hall–Kier alpha value is -1.24. The van der Waals surface area contributed by atoms with Gasteiger partial charge in [-0.3, -0.25) is 0 Å². The molecule has 0 fully saturated rings. The first-order valence-corrected chi connectivity index (χ1v) is 6.97. The lowest BCUT2D eigenvalue weighted by molar-refractivity contribution is 0.675. The molecule has 0 aromatic rings. The molecule has 0 spiro atoms. The van der Waals surface area contributed by atoms with Crippen LogP contribution in [0.1, 0.15) is 59.8 Å². The molecule has 0 atom stereocenters. The summed E-state index contributed by atoms with van der Waals surface area (Å²) in [4.78, 5) is 0. The van der Waals surface area contributed by atoms with Gasteiger partial charge in [-0.1, -0.05) is 25.7 Å². The molecule has 0 saturated carbocycles. The molecule has 0 aromatic carbocycles. The van der Waals surface area contributed by atoms with Crippen LogP contribution >= 0.6 is 0 Å². The highest BCUT2D eigenvalue weighted by atomic mass is 14.9. The molecule has 0 radical (unpaired) electrons. The van der Waals surface area contributed by atoms with Gasteiger partial charge in [0, 0.05) is 11.4 Å². The summed E-state index contributed by atoms with van der Waals surface area (Å²) in [5.74, 6) is 0. The molecular formula is C17H27N. The SMILES string of the molecule is C=C(CC)N/C(C)=C(\C(=C)C)C1=C(C)CCCC1. The first kappa shape index (κ1) is 14.8. The van der Waals surface area contributed by atoms with Crippen molar-refractivity contribution in [3.05, 3.63) is 46.8 Å². The minimum atomic E-state index is 0.957. The highest BCUT2D eigenvalue weighted by Gasteiger charge is 2.16. The van der Waals surface area contributed by atoms with Gasteiger partial charge in [0.1, 0.15) is 0 Å². The van der Waals surface area contributed by atoms with E-state index in [2.05, 4.69) is 46.2 Å². The first-order valence-electron chi connectivity index (χ1n) is 6.97. The maximum absolute atomic E-state index is 4.16. The van der Waals surface area contributed by atoms with Gasteiger partial charge in [0.05, 0.1) is 0 Å². The van der Waals surface area contributed by atoms with Gasteiger partial charge in [0.2, 0.25) is 0 Å². The fraction of sp³-hybridized carbons (Fsp3) is 0.529. The number of nitrogens with one attached hydrogen (secondary N) is 1. The fourth-order valence-electron chi connectivity index (χ4n) is 2.61. The van der Waals surface area contributed by atoms with Crippen molar-refractivity contribution in [3.8, 4) is 0 Å². The first-order chi connectivity index (χ1) is 8.47. The summed E-state index contributed by atoms with van der Waals surface area (Å²) in [6.45, 7) is 16.8. The van der Waals surface area contributed by atoms with Crippen molar-refractivity contribution >= 4 is 0 Å². The van der Waals surface area contributed by atoms with Crippen LogP contribution in [0.5, 0.6) is 0 Å². The summed E-state index contributed by atoms with van der Waals surface area (Å²) >= 11 is 0. The summed E-state index contributed by atoms with van der Waals surface area (Å²) < 4.78 is 0. The molecule has 0 amide bonds. The summed E-state index contributed by atoms with van der Waals surface area (Å²) in [5, 5.41) is 3.42. The Balaban J connectivity index is 3.12. The molecule has 1 heteroatoms. The van der Waals surface area contributed by atoms with Crippen LogP contribution in [-0.4, -0.2) is 0 Å². The fourth-order valence-corrected chi connectivity index (χ4v) is 2.61. The van der Waals surface area contributed by atoms with E-state index >= 15 is 0 Å². The van der Waals surface area contributed by atoms with Gasteiger partial charge in [0.25, 0.3) is 0 Å². The van der Waals surface area contributed by atoms with Crippen molar-refractivity contribution in [2.24, 2.45) is 0 Å². The maximum Gasteiger partial charge on any atom is 0.0195 e. The molecule has 1 aliphatic rings. The molecule has 0 heterocycles. The quantitative estimate of drug-likeness (QED) is 0.653. The van der Waals surface area contributed by atoms with Crippen molar-refractivity contribution in [1.82, 2.24) is 5.32 Å². The van der Waals surface area contributed by atoms with Crippen molar-refractivity contribution in [2.45, 2.75) is 59.8 Å². The molecule has 1 aliphatic carbocycles. The van der Waals surface area contributed by atoms with Crippen LogP contribution in [-0.2, 0) is 0 Å².